The summed E-state index contributed by atoms with van der Waals surface area (Å²) in [7, 11) is 0. The lowest BCUT2D eigenvalue weighted by molar-refractivity contribution is -0.125. The number of nitrogens with one attached hydrogen (secondary N) is 1. The molecule has 0 aliphatic carbocycles. The first kappa shape index (κ1) is 16.9. The lowest BCUT2D eigenvalue weighted by Gasteiger charge is -2.22. The van der Waals surface area contributed by atoms with Crippen molar-refractivity contribution in [1.82, 2.24) is 0 Å². The van der Waals surface area contributed by atoms with Crippen molar-refractivity contribution in [2.75, 3.05) is 10.2 Å². The topological polar surface area (TPSA) is 66.5 Å². The Balaban J connectivity index is 1.68. The quantitative estimate of drug-likeness (QED) is 0.689. The molecule has 0 bridgehead atoms. The van der Waals surface area contributed by atoms with E-state index in [0.717, 1.165) is 17.7 Å². The first-order valence-corrected chi connectivity index (χ1v) is 8.26. The highest BCUT2D eigenvalue weighted by Gasteiger charge is 2.31. The highest BCUT2D eigenvalue weighted by atomic mass is 16.2. The van der Waals surface area contributed by atoms with Crippen molar-refractivity contribution in [3.8, 4) is 0 Å². The smallest absolute Gasteiger partial charge is 0.236 e. The maximum atomic E-state index is 12.6. The number of para-hydroxylation sites is 1. The van der Waals surface area contributed by atoms with E-state index in [0.29, 0.717) is 11.3 Å². The molecule has 5 nitrogen and oxygen atoms in total. The maximum Gasteiger partial charge on any atom is 0.236 e. The van der Waals surface area contributed by atoms with Crippen LogP contribution in [0.4, 0.5) is 11.4 Å². The fraction of sp³-hybridized carbons (Fsp3) is 0.250. The van der Waals surface area contributed by atoms with Gasteiger partial charge >= 0.3 is 0 Å². The molecule has 1 aliphatic rings. The van der Waals surface area contributed by atoms with E-state index in [2.05, 4.69) is 5.32 Å². The molecule has 25 heavy (non-hydrogen) atoms. The number of Topliss-reactive ketones (excluding diaryl/α,β-unsaturated/α-hetero) is 1. The Morgan fingerprint density at radius 1 is 1.12 bits per heavy atom. The van der Waals surface area contributed by atoms with E-state index in [4.69, 9.17) is 0 Å². The number of fused-ring (bicyclic) bond motifs is 1. The Morgan fingerprint density at radius 2 is 1.88 bits per heavy atom. The molecular weight excluding hydrogens is 316 g/mol. The third-order valence-corrected chi connectivity index (χ3v) is 4.34. The first-order chi connectivity index (χ1) is 12.0. The Bertz CT molecular complexity index is 844. The predicted octanol–water partition coefficient (Wildman–Crippen LogP) is 3.20. The van der Waals surface area contributed by atoms with Gasteiger partial charge in [0, 0.05) is 23.0 Å². The van der Waals surface area contributed by atoms with Gasteiger partial charge in [-0.25, -0.2) is 0 Å². The summed E-state index contributed by atoms with van der Waals surface area (Å²) in [5, 5.41) is 2.69. The van der Waals surface area contributed by atoms with E-state index < -0.39 is 0 Å². The fourth-order valence-corrected chi connectivity index (χ4v) is 3.19. The lowest BCUT2D eigenvalue weighted by Crippen LogP contribution is -2.37. The number of benzene rings is 2. The van der Waals surface area contributed by atoms with Gasteiger partial charge in [-0.05, 0) is 44.0 Å². The number of amides is 2. The molecule has 2 aromatic rings. The molecule has 0 spiro atoms. The molecule has 1 N–H and O–H groups in total. The number of ketones is 1. The molecule has 2 aromatic carbocycles. The monoisotopic (exact) mass is 336 g/mol. The van der Waals surface area contributed by atoms with Gasteiger partial charge in [0.25, 0.3) is 0 Å². The second-order valence-corrected chi connectivity index (χ2v) is 6.31. The predicted molar refractivity (Wildman–Crippen MR) is 96.8 cm³/mol. The van der Waals surface area contributed by atoms with E-state index in [-0.39, 0.29) is 30.1 Å². The molecule has 5 heteroatoms. The van der Waals surface area contributed by atoms with E-state index >= 15 is 0 Å². The van der Waals surface area contributed by atoms with Crippen LogP contribution < -0.4 is 10.2 Å². The van der Waals surface area contributed by atoms with Crippen LogP contribution in [0.15, 0.2) is 48.5 Å². The summed E-state index contributed by atoms with van der Waals surface area (Å²) < 4.78 is 0. The van der Waals surface area contributed by atoms with Gasteiger partial charge in [-0.3, -0.25) is 14.4 Å². The van der Waals surface area contributed by atoms with Crippen molar-refractivity contribution in [2.24, 2.45) is 0 Å². The zero-order chi connectivity index (χ0) is 18.0. The van der Waals surface area contributed by atoms with Crippen LogP contribution in [0.25, 0.3) is 0 Å². The molecule has 0 saturated heterocycles. The van der Waals surface area contributed by atoms with Gasteiger partial charge < -0.3 is 10.2 Å². The summed E-state index contributed by atoms with van der Waals surface area (Å²) in [6.07, 6.45) is 0.563. The Morgan fingerprint density at radius 3 is 2.64 bits per heavy atom. The summed E-state index contributed by atoms with van der Waals surface area (Å²) in [5.74, 6) is -0.686. The van der Waals surface area contributed by atoms with Crippen LogP contribution >= 0.6 is 0 Å². The van der Waals surface area contributed by atoms with Gasteiger partial charge in [-0.1, -0.05) is 30.3 Å². The zero-order valence-corrected chi connectivity index (χ0v) is 14.3. The van der Waals surface area contributed by atoms with Gasteiger partial charge in [-0.2, -0.15) is 0 Å². The fourth-order valence-electron chi connectivity index (χ4n) is 3.19. The standard InChI is InChI=1S/C20H20N2O3/c1-13-10-16-6-3-4-9-18(16)22(13)20(25)12-19(24)21-17-8-5-7-15(11-17)14(2)23/h3-9,11,13H,10,12H2,1-2H3,(H,21,24). The Hall–Kier alpha value is -2.95. The number of nitrogens with zero attached hydrogens (tertiary/aromatic N) is 1. The second-order valence-electron chi connectivity index (χ2n) is 6.31. The Labute approximate surface area is 146 Å². The number of hydrogen-bond acceptors (Lipinski definition) is 3. The summed E-state index contributed by atoms with van der Waals surface area (Å²) in [4.78, 5) is 38.0. The molecule has 1 heterocycles. The van der Waals surface area contributed by atoms with Crippen molar-refractivity contribution in [1.29, 1.82) is 0 Å². The van der Waals surface area contributed by atoms with Gasteiger partial charge in [0.15, 0.2) is 5.78 Å². The molecule has 1 aliphatic heterocycles. The number of hydrogen-bond donors (Lipinski definition) is 1. The molecule has 0 fully saturated rings. The number of anilines is 2. The van der Waals surface area contributed by atoms with Crippen LogP contribution in [0.2, 0.25) is 0 Å². The van der Waals surface area contributed by atoms with Crippen LogP contribution in [0.3, 0.4) is 0 Å². The largest absolute Gasteiger partial charge is 0.326 e. The lowest BCUT2D eigenvalue weighted by atomic mass is 10.1. The van der Waals surface area contributed by atoms with Crippen molar-refractivity contribution < 1.29 is 14.4 Å². The minimum atomic E-state index is -0.387. The maximum absolute atomic E-state index is 12.6. The van der Waals surface area contributed by atoms with Crippen LogP contribution in [0.1, 0.15) is 36.2 Å². The van der Waals surface area contributed by atoms with Crippen LogP contribution in [0.5, 0.6) is 0 Å². The van der Waals surface area contributed by atoms with Gasteiger partial charge in [0.1, 0.15) is 6.42 Å². The molecule has 1 atom stereocenters. The minimum absolute atomic E-state index is 0.0405. The number of carbonyl (C=O) groups excluding carboxylic acids is 3. The summed E-state index contributed by atoms with van der Waals surface area (Å²) >= 11 is 0. The molecule has 1 unspecified atom stereocenters. The molecule has 0 aromatic heterocycles. The van der Waals surface area contributed by atoms with E-state index in [1.165, 1.54) is 6.92 Å². The zero-order valence-electron chi connectivity index (χ0n) is 14.3. The van der Waals surface area contributed by atoms with Gasteiger partial charge in [0.05, 0.1) is 0 Å². The third-order valence-electron chi connectivity index (χ3n) is 4.34. The summed E-state index contributed by atoms with van der Waals surface area (Å²) in [6.45, 7) is 3.45. The van der Waals surface area contributed by atoms with E-state index in [1.807, 2.05) is 31.2 Å². The summed E-state index contributed by atoms with van der Waals surface area (Å²) in [6, 6.07) is 14.5. The van der Waals surface area contributed by atoms with Crippen molar-refractivity contribution in [3.05, 3.63) is 59.7 Å². The highest BCUT2D eigenvalue weighted by Crippen LogP contribution is 2.32. The average Bonchev–Trinajstić information content (AvgIpc) is 2.90. The minimum Gasteiger partial charge on any atom is -0.326 e. The number of carbonyl (C=O) groups is 3. The SMILES string of the molecule is CC(=O)c1cccc(NC(=O)CC(=O)N2c3ccccc3CC2C)c1. The second kappa shape index (κ2) is 6.89. The van der Waals surface area contributed by atoms with Gasteiger partial charge in [-0.15, -0.1) is 0 Å². The van der Waals surface area contributed by atoms with Crippen LogP contribution in [0, 0.1) is 0 Å². The van der Waals surface area contributed by atoms with Crippen molar-refractivity contribution >= 4 is 29.0 Å². The van der Waals surface area contributed by atoms with E-state index in [9.17, 15) is 14.4 Å². The normalized spacial score (nSPS) is 15.6. The molecule has 0 radical (unpaired) electrons. The van der Waals surface area contributed by atoms with Crippen LogP contribution in [-0.4, -0.2) is 23.6 Å². The molecule has 128 valence electrons. The van der Waals surface area contributed by atoms with Crippen molar-refractivity contribution in [3.63, 3.8) is 0 Å². The van der Waals surface area contributed by atoms with Crippen LogP contribution in [-0.2, 0) is 16.0 Å². The summed E-state index contributed by atoms with van der Waals surface area (Å²) in [5.41, 5.74) is 3.04. The molecular formula is C20H20N2O3. The first-order valence-electron chi connectivity index (χ1n) is 8.26. The van der Waals surface area contributed by atoms with Crippen molar-refractivity contribution in [2.45, 2.75) is 32.7 Å². The highest BCUT2D eigenvalue weighted by molar-refractivity contribution is 6.10. The van der Waals surface area contributed by atoms with Gasteiger partial charge in [0.2, 0.25) is 11.8 Å². The molecule has 0 saturated carbocycles. The molecule has 2 amide bonds. The number of rotatable bonds is 4. The van der Waals surface area contributed by atoms with E-state index in [1.54, 1.807) is 29.2 Å². The molecule has 3 rings (SSSR count). The third kappa shape index (κ3) is 3.60. The Kier molecular flexibility index (Phi) is 4.65. The average molecular weight is 336 g/mol.